The number of nitrogens with one attached hydrogen (secondary N) is 1. The summed E-state index contributed by atoms with van der Waals surface area (Å²) in [6, 6.07) is 17.3. The lowest BCUT2D eigenvalue weighted by Gasteiger charge is -2.09. The average Bonchev–Trinajstić information content (AvgIpc) is 2.53. The number of nitrogens with zero attached hydrogens (tertiary/aromatic N) is 1. The first kappa shape index (κ1) is 13.3. The van der Waals surface area contributed by atoms with Crippen LogP contribution in [-0.2, 0) is 0 Å². The van der Waals surface area contributed by atoms with E-state index in [-0.39, 0.29) is 5.91 Å². The molecule has 0 aliphatic heterocycles. The molecule has 0 atom stereocenters. The molecule has 3 aromatic rings. The van der Waals surface area contributed by atoms with Crippen LogP contribution in [0, 0.1) is 6.92 Å². The first-order chi connectivity index (χ1) is 10.2. The number of carbonyl (C=O) groups excluding carboxylic acids is 1. The highest BCUT2D eigenvalue weighted by molar-refractivity contribution is 6.06. The van der Waals surface area contributed by atoms with Gasteiger partial charge in [-0.15, -0.1) is 0 Å². The molecule has 3 N–H and O–H groups in total. The van der Waals surface area contributed by atoms with Gasteiger partial charge in [-0.25, -0.2) is 10.8 Å². The molecule has 0 unspecified atom stereocenters. The molecule has 0 saturated heterocycles. The fourth-order valence-corrected chi connectivity index (χ4v) is 2.39. The Morgan fingerprint density at radius 2 is 1.90 bits per heavy atom. The molecule has 0 aliphatic rings. The summed E-state index contributed by atoms with van der Waals surface area (Å²) in [5, 5.41) is 0.789. The summed E-state index contributed by atoms with van der Waals surface area (Å²) in [5.41, 5.74) is 6.38. The molecule has 0 spiro atoms. The summed E-state index contributed by atoms with van der Waals surface area (Å²) in [6.07, 6.45) is 0. The van der Waals surface area contributed by atoms with Crippen molar-refractivity contribution in [3.8, 4) is 11.3 Å². The molecule has 21 heavy (non-hydrogen) atoms. The van der Waals surface area contributed by atoms with Crippen LogP contribution in [0.5, 0.6) is 0 Å². The predicted octanol–water partition coefficient (Wildman–Crippen LogP) is 2.81. The van der Waals surface area contributed by atoms with Crippen LogP contribution in [0.3, 0.4) is 0 Å². The van der Waals surface area contributed by atoms with Gasteiger partial charge < -0.3 is 0 Å². The van der Waals surface area contributed by atoms with Crippen molar-refractivity contribution in [2.45, 2.75) is 6.92 Å². The number of para-hydroxylation sites is 1. The monoisotopic (exact) mass is 277 g/mol. The van der Waals surface area contributed by atoms with E-state index >= 15 is 0 Å². The zero-order valence-electron chi connectivity index (χ0n) is 11.6. The van der Waals surface area contributed by atoms with Crippen LogP contribution < -0.4 is 11.3 Å². The van der Waals surface area contributed by atoms with Crippen molar-refractivity contribution in [1.29, 1.82) is 0 Å². The minimum atomic E-state index is -0.317. The first-order valence-electron chi connectivity index (χ1n) is 6.67. The molecule has 3 rings (SSSR count). The van der Waals surface area contributed by atoms with Gasteiger partial charge >= 0.3 is 0 Å². The molecule has 0 aliphatic carbocycles. The second-order valence-electron chi connectivity index (χ2n) is 4.92. The maximum Gasteiger partial charge on any atom is 0.265 e. The van der Waals surface area contributed by atoms with Crippen molar-refractivity contribution in [2.24, 2.45) is 5.84 Å². The Balaban J connectivity index is 2.27. The van der Waals surface area contributed by atoms with Crippen molar-refractivity contribution in [3.05, 3.63) is 65.7 Å². The van der Waals surface area contributed by atoms with E-state index in [1.807, 2.05) is 55.5 Å². The van der Waals surface area contributed by atoms with Crippen LogP contribution in [0.1, 0.15) is 15.9 Å². The molecule has 0 fully saturated rings. The Kier molecular flexibility index (Phi) is 3.38. The van der Waals surface area contributed by atoms with Crippen LogP contribution in [0.15, 0.2) is 54.6 Å². The molecule has 0 radical (unpaired) electrons. The fourth-order valence-electron chi connectivity index (χ4n) is 2.39. The Morgan fingerprint density at radius 3 is 2.67 bits per heavy atom. The summed E-state index contributed by atoms with van der Waals surface area (Å²) in [6.45, 7) is 2.03. The van der Waals surface area contributed by atoms with Gasteiger partial charge in [0.2, 0.25) is 0 Å². The predicted molar refractivity (Wildman–Crippen MR) is 83.6 cm³/mol. The summed E-state index contributed by atoms with van der Waals surface area (Å²) in [5.74, 6) is 4.97. The van der Waals surface area contributed by atoms with Crippen LogP contribution in [-0.4, -0.2) is 10.9 Å². The molecule has 4 heteroatoms. The van der Waals surface area contributed by atoms with E-state index in [4.69, 9.17) is 5.84 Å². The van der Waals surface area contributed by atoms with Gasteiger partial charge in [-0.2, -0.15) is 0 Å². The van der Waals surface area contributed by atoms with E-state index in [9.17, 15) is 4.79 Å². The highest BCUT2D eigenvalue weighted by Crippen LogP contribution is 2.25. The molecule has 0 saturated carbocycles. The topological polar surface area (TPSA) is 68.0 Å². The number of fused-ring (bicyclic) bond motifs is 1. The van der Waals surface area contributed by atoms with Gasteiger partial charge in [0, 0.05) is 10.9 Å². The maximum atomic E-state index is 12.0. The van der Waals surface area contributed by atoms with E-state index in [0.717, 1.165) is 27.7 Å². The van der Waals surface area contributed by atoms with E-state index in [1.54, 1.807) is 6.07 Å². The number of carbonyl (C=O) groups is 1. The lowest BCUT2D eigenvalue weighted by molar-refractivity contribution is 0.0955. The fraction of sp³-hybridized carbons (Fsp3) is 0.0588. The minimum Gasteiger partial charge on any atom is -0.290 e. The molecular weight excluding hydrogens is 262 g/mol. The summed E-state index contributed by atoms with van der Waals surface area (Å²) >= 11 is 0. The lowest BCUT2D eigenvalue weighted by Crippen LogP contribution is -2.30. The highest BCUT2D eigenvalue weighted by Gasteiger charge is 2.12. The van der Waals surface area contributed by atoms with Crippen molar-refractivity contribution >= 4 is 16.8 Å². The van der Waals surface area contributed by atoms with Crippen molar-refractivity contribution in [2.75, 3.05) is 0 Å². The highest BCUT2D eigenvalue weighted by atomic mass is 16.2. The molecule has 1 heterocycles. The third-order valence-electron chi connectivity index (χ3n) is 3.41. The Morgan fingerprint density at radius 1 is 1.10 bits per heavy atom. The second-order valence-corrected chi connectivity index (χ2v) is 4.92. The van der Waals surface area contributed by atoms with Gasteiger partial charge in [-0.1, -0.05) is 42.0 Å². The maximum absolute atomic E-state index is 12.0. The van der Waals surface area contributed by atoms with Crippen LogP contribution in [0.25, 0.3) is 22.2 Å². The zero-order valence-corrected chi connectivity index (χ0v) is 11.6. The SMILES string of the molecule is Cc1cccc(-c2cc(C(=O)NN)c3ccccc3n2)c1. The molecule has 1 amide bonds. The van der Waals surface area contributed by atoms with Crippen LogP contribution >= 0.6 is 0 Å². The van der Waals surface area contributed by atoms with Gasteiger partial charge in [0.15, 0.2) is 0 Å². The van der Waals surface area contributed by atoms with Crippen molar-refractivity contribution in [3.63, 3.8) is 0 Å². The third kappa shape index (κ3) is 2.49. The standard InChI is InChI=1S/C17H15N3O/c1-11-5-4-6-12(9-11)16-10-14(17(21)20-18)13-7-2-3-8-15(13)19-16/h2-10H,18H2,1H3,(H,20,21). The lowest BCUT2D eigenvalue weighted by atomic mass is 10.0. The molecule has 4 nitrogen and oxygen atoms in total. The van der Waals surface area contributed by atoms with Gasteiger partial charge in [0.1, 0.15) is 0 Å². The zero-order chi connectivity index (χ0) is 14.8. The number of benzene rings is 2. The van der Waals surface area contributed by atoms with Crippen molar-refractivity contribution < 1.29 is 4.79 Å². The van der Waals surface area contributed by atoms with Gasteiger partial charge in [0.05, 0.1) is 16.8 Å². The molecule has 104 valence electrons. The van der Waals surface area contributed by atoms with E-state index in [2.05, 4.69) is 10.4 Å². The molecular formula is C17H15N3O. The number of nitrogens with two attached hydrogens (primary N) is 1. The number of pyridine rings is 1. The number of hydrazine groups is 1. The van der Waals surface area contributed by atoms with Crippen LogP contribution in [0.2, 0.25) is 0 Å². The van der Waals surface area contributed by atoms with Gasteiger partial charge in [-0.3, -0.25) is 10.2 Å². The summed E-state index contributed by atoms with van der Waals surface area (Å²) in [4.78, 5) is 16.7. The van der Waals surface area contributed by atoms with Gasteiger partial charge in [0.25, 0.3) is 5.91 Å². The summed E-state index contributed by atoms with van der Waals surface area (Å²) in [7, 11) is 0. The number of rotatable bonds is 2. The Hall–Kier alpha value is -2.72. The number of amides is 1. The Labute approximate surface area is 122 Å². The molecule has 1 aromatic heterocycles. The molecule has 2 aromatic carbocycles. The number of nitrogen functional groups attached to an aromatic ring is 1. The van der Waals surface area contributed by atoms with Gasteiger partial charge in [-0.05, 0) is 25.1 Å². The summed E-state index contributed by atoms with van der Waals surface area (Å²) < 4.78 is 0. The number of aromatic nitrogens is 1. The number of hydrogen-bond donors (Lipinski definition) is 2. The molecule has 0 bridgehead atoms. The first-order valence-corrected chi connectivity index (χ1v) is 6.67. The number of aryl methyl sites for hydroxylation is 1. The van der Waals surface area contributed by atoms with Crippen LogP contribution in [0.4, 0.5) is 0 Å². The van der Waals surface area contributed by atoms with E-state index in [0.29, 0.717) is 5.56 Å². The Bertz CT molecular complexity index is 827. The smallest absolute Gasteiger partial charge is 0.265 e. The second kappa shape index (κ2) is 5.34. The average molecular weight is 277 g/mol. The van der Waals surface area contributed by atoms with E-state index < -0.39 is 0 Å². The number of hydrogen-bond acceptors (Lipinski definition) is 3. The normalized spacial score (nSPS) is 10.6. The van der Waals surface area contributed by atoms with E-state index in [1.165, 1.54) is 0 Å². The quantitative estimate of drug-likeness (QED) is 0.430. The van der Waals surface area contributed by atoms with Crippen molar-refractivity contribution in [1.82, 2.24) is 10.4 Å². The largest absolute Gasteiger partial charge is 0.290 e. The third-order valence-corrected chi connectivity index (χ3v) is 3.41. The minimum absolute atomic E-state index is 0.317.